The smallest absolute Gasteiger partial charge is 0.0921 e. The van der Waals surface area contributed by atoms with Crippen molar-refractivity contribution >= 4 is 6.34 Å². The molecule has 1 unspecified atom stereocenters. The lowest BCUT2D eigenvalue weighted by Gasteiger charge is -2.08. The Labute approximate surface area is 69.5 Å². The Morgan fingerprint density at radius 3 is 2.64 bits per heavy atom. The van der Waals surface area contributed by atoms with Crippen LogP contribution in [0.3, 0.4) is 0 Å². The molecule has 3 heteroatoms. The molecule has 11 heavy (non-hydrogen) atoms. The summed E-state index contributed by atoms with van der Waals surface area (Å²) in [6, 6.07) is 0.529. The molecule has 0 aromatic rings. The van der Waals surface area contributed by atoms with Gasteiger partial charge >= 0.3 is 0 Å². The molecule has 1 N–H and O–H groups in total. The number of rotatable bonds is 5. The lowest BCUT2D eigenvalue weighted by Crippen LogP contribution is -2.24. The largest absolute Gasteiger partial charge is 0.374 e. The van der Waals surface area contributed by atoms with Crippen LogP contribution in [0.15, 0.2) is 4.99 Å². The third-order valence-electron chi connectivity index (χ3n) is 1.43. The topological polar surface area (TPSA) is 27.6 Å². The van der Waals surface area contributed by atoms with Crippen LogP contribution in [0, 0.1) is 0 Å². The molecular formula is C8H19N3. The summed E-state index contributed by atoms with van der Waals surface area (Å²) in [7, 11) is 4.00. The van der Waals surface area contributed by atoms with Crippen LogP contribution >= 0.6 is 0 Å². The highest BCUT2D eigenvalue weighted by molar-refractivity contribution is 5.54. The molecule has 0 heterocycles. The van der Waals surface area contributed by atoms with E-state index >= 15 is 0 Å². The van der Waals surface area contributed by atoms with Crippen molar-refractivity contribution in [1.82, 2.24) is 10.2 Å². The van der Waals surface area contributed by atoms with E-state index in [0.717, 1.165) is 13.1 Å². The normalized spacial score (nSPS) is 14.3. The first kappa shape index (κ1) is 10.4. The monoisotopic (exact) mass is 157 g/mol. The van der Waals surface area contributed by atoms with E-state index in [-0.39, 0.29) is 0 Å². The van der Waals surface area contributed by atoms with E-state index in [4.69, 9.17) is 0 Å². The van der Waals surface area contributed by atoms with Crippen molar-refractivity contribution in [2.75, 3.05) is 20.8 Å². The second-order valence-corrected chi connectivity index (χ2v) is 3.01. The first-order valence-corrected chi connectivity index (χ1v) is 4.06. The van der Waals surface area contributed by atoms with Crippen molar-refractivity contribution in [3.63, 3.8) is 0 Å². The number of nitrogens with one attached hydrogen (secondary N) is 1. The molecule has 0 amide bonds. The average Bonchev–Trinajstić information content (AvgIpc) is 1.97. The van der Waals surface area contributed by atoms with E-state index in [2.05, 4.69) is 24.2 Å². The second-order valence-electron chi connectivity index (χ2n) is 3.01. The van der Waals surface area contributed by atoms with Crippen molar-refractivity contribution < 1.29 is 0 Å². The van der Waals surface area contributed by atoms with Crippen molar-refractivity contribution in [2.24, 2.45) is 4.99 Å². The Bertz CT molecular complexity index is 110. The molecule has 0 aromatic carbocycles. The minimum atomic E-state index is 0.529. The van der Waals surface area contributed by atoms with Gasteiger partial charge in [0.25, 0.3) is 0 Å². The molecule has 0 rings (SSSR count). The molecule has 0 radical (unpaired) electrons. The molecule has 0 saturated heterocycles. The molecule has 0 aliphatic carbocycles. The van der Waals surface area contributed by atoms with Crippen LogP contribution in [-0.4, -0.2) is 38.0 Å². The van der Waals surface area contributed by atoms with Gasteiger partial charge in [0.1, 0.15) is 0 Å². The standard InChI is InChI=1S/C8H19N3/c1-5-8(2)10-6-9-7-11(3)4/h6,8H,5,7H2,1-4H3,(H,9,10). The van der Waals surface area contributed by atoms with Gasteiger partial charge < -0.3 is 5.32 Å². The zero-order valence-corrected chi connectivity index (χ0v) is 7.96. The minimum Gasteiger partial charge on any atom is -0.374 e. The van der Waals surface area contributed by atoms with Crippen LogP contribution < -0.4 is 5.32 Å². The van der Waals surface area contributed by atoms with Crippen molar-refractivity contribution in [3.8, 4) is 0 Å². The second kappa shape index (κ2) is 6.16. The third-order valence-corrected chi connectivity index (χ3v) is 1.43. The molecule has 0 aromatic heterocycles. The Kier molecular flexibility index (Phi) is 5.84. The van der Waals surface area contributed by atoms with Crippen molar-refractivity contribution in [3.05, 3.63) is 0 Å². The summed E-state index contributed by atoms with van der Waals surface area (Å²) in [5, 5.41) is 3.17. The first-order chi connectivity index (χ1) is 5.16. The maximum atomic E-state index is 4.15. The van der Waals surface area contributed by atoms with Gasteiger partial charge in [-0.3, -0.25) is 9.89 Å². The fourth-order valence-corrected chi connectivity index (χ4v) is 0.502. The lowest BCUT2D eigenvalue weighted by molar-refractivity contribution is 0.424. The molecule has 0 fully saturated rings. The van der Waals surface area contributed by atoms with E-state index in [1.165, 1.54) is 0 Å². The average molecular weight is 157 g/mol. The summed E-state index contributed by atoms with van der Waals surface area (Å²) in [4.78, 5) is 6.17. The summed E-state index contributed by atoms with van der Waals surface area (Å²) in [6.45, 7) is 5.04. The summed E-state index contributed by atoms with van der Waals surface area (Å²) in [6.07, 6.45) is 2.92. The zero-order valence-electron chi connectivity index (χ0n) is 7.96. The summed E-state index contributed by atoms with van der Waals surface area (Å²) in [5.41, 5.74) is 0. The van der Waals surface area contributed by atoms with Gasteiger partial charge in [-0.1, -0.05) is 6.92 Å². The van der Waals surface area contributed by atoms with Crippen molar-refractivity contribution in [2.45, 2.75) is 26.3 Å². The first-order valence-electron chi connectivity index (χ1n) is 4.06. The minimum absolute atomic E-state index is 0.529. The van der Waals surface area contributed by atoms with Gasteiger partial charge in [0.2, 0.25) is 0 Å². The van der Waals surface area contributed by atoms with Crippen LogP contribution in [0.1, 0.15) is 20.3 Å². The van der Waals surface area contributed by atoms with E-state index in [0.29, 0.717) is 6.04 Å². The fourth-order valence-electron chi connectivity index (χ4n) is 0.502. The van der Waals surface area contributed by atoms with Gasteiger partial charge in [-0.2, -0.15) is 0 Å². The van der Waals surface area contributed by atoms with E-state index in [1.807, 2.05) is 19.0 Å². The number of nitrogens with zero attached hydrogens (tertiary/aromatic N) is 2. The Balaban J connectivity index is 3.29. The molecule has 0 saturated carbocycles. The van der Waals surface area contributed by atoms with Crippen LogP contribution in [0.4, 0.5) is 0 Å². The van der Waals surface area contributed by atoms with Gasteiger partial charge in [0, 0.05) is 6.04 Å². The highest BCUT2D eigenvalue weighted by Gasteiger charge is 1.90. The fraction of sp³-hybridized carbons (Fsp3) is 0.875. The SMILES string of the molecule is CCC(C)NC=NCN(C)C. The summed E-state index contributed by atoms with van der Waals surface area (Å²) >= 11 is 0. The molecule has 0 aliphatic heterocycles. The van der Waals surface area contributed by atoms with Gasteiger partial charge in [0.15, 0.2) is 0 Å². The number of aliphatic imine (C=N–C) groups is 1. The Hall–Kier alpha value is -0.570. The predicted octanol–water partition coefficient (Wildman–Crippen LogP) is 0.922. The summed E-state index contributed by atoms with van der Waals surface area (Å²) in [5.74, 6) is 0. The van der Waals surface area contributed by atoms with E-state index in [1.54, 1.807) is 6.34 Å². The lowest BCUT2D eigenvalue weighted by atomic mass is 10.3. The highest BCUT2D eigenvalue weighted by Crippen LogP contribution is 1.84. The van der Waals surface area contributed by atoms with Crippen LogP contribution in [0.5, 0.6) is 0 Å². The van der Waals surface area contributed by atoms with E-state index < -0.39 is 0 Å². The molecule has 3 nitrogen and oxygen atoms in total. The van der Waals surface area contributed by atoms with Crippen LogP contribution in [0.2, 0.25) is 0 Å². The third kappa shape index (κ3) is 7.33. The van der Waals surface area contributed by atoms with Gasteiger partial charge in [-0.05, 0) is 27.4 Å². The molecule has 0 spiro atoms. The van der Waals surface area contributed by atoms with E-state index in [9.17, 15) is 0 Å². The molecule has 0 bridgehead atoms. The molecule has 66 valence electrons. The quantitative estimate of drug-likeness (QED) is 0.475. The Morgan fingerprint density at radius 2 is 2.18 bits per heavy atom. The maximum Gasteiger partial charge on any atom is 0.0921 e. The highest BCUT2D eigenvalue weighted by atomic mass is 15.2. The van der Waals surface area contributed by atoms with Crippen molar-refractivity contribution in [1.29, 1.82) is 0 Å². The van der Waals surface area contributed by atoms with Crippen LogP contribution in [0.25, 0.3) is 0 Å². The zero-order chi connectivity index (χ0) is 8.69. The van der Waals surface area contributed by atoms with Crippen LogP contribution in [-0.2, 0) is 0 Å². The maximum absolute atomic E-state index is 4.15. The number of hydrogen-bond donors (Lipinski definition) is 1. The Morgan fingerprint density at radius 1 is 1.55 bits per heavy atom. The summed E-state index contributed by atoms with van der Waals surface area (Å²) < 4.78 is 0. The predicted molar refractivity (Wildman–Crippen MR) is 49.9 cm³/mol. The van der Waals surface area contributed by atoms with Gasteiger partial charge in [0.05, 0.1) is 13.0 Å². The molecule has 1 atom stereocenters. The number of hydrogen-bond acceptors (Lipinski definition) is 2. The molecule has 0 aliphatic rings. The van der Waals surface area contributed by atoms with Gasteiger partial charge in [-0.25, -0.2) is 0 Å². The van der Waals surface area contributed by atoms with Gasteiger partial charge in [-0.15, -0.1) is 0 Å². The molecular weight excluding hydrogens is 138 g/mol.